The smallest absolute Gasteiger partial charge is 0.256 e. The van der Waals surface area contributed by atoms with Gasteiger partial charge in [0.15, 0.2) is 0 Å². The summed E-state index contributed by atoms with van der Waals surface area (Å²) in [6.45, 7) is 16.4. The van der Waals surface area contributed by atoms with Crippen molar-refractivity contribution < 1.29 is 38.6 Å². The topological polar surface area (TPSA) is 231 Å². The van der Waals surface area contributed by atoms with Crippen LogP contribution in [-0.4, -0.2) is 132 Å². The van der Waals surface area contributed by atoms with Gasteiger partial charge in [-0.25, -0.2) is 9.98 Å². The van der Waals surface area contributed by atoms with Crippen LogP contribution in [0.15, 0.2) is 107 Å². The maximum Gasteiger partial charge on any atom is 0.256 e. The molecule has 4 aromatic rings. The number of amidine groups is 1. The highest BCUT2D eigenvalue weighted by molar-refractivity contribution is 7.13. The van der Waals surface area contributed by atoms with Gasteiger partial charge in [0.2, 0.25) is 35.5 Å². The Labute approximate surface area is 485 Å². The summed E-state index contributed by atoms with van der Waals surface area (Å²) in [4.78, 5) is 102. The van der Waals surface area contributed by atoms with Gasteiger partial charge in [-0.2, -0.15) is 4.99 Å². The Morgan fingerprint density at radius 2 is 1.60 bits per heavy atom. The van der Waals surface area contributed by atoms with Gasteiger partial charge < -0.3 is 45.8 Å². The van der Waals surface area contributed by atoms with Crippen LogP contribution in [0.4, 0.5) is 22.7 Å². The zero-order valence-electron chi connectivity index (χ0n) is 48.2. The number of thiazole rings is 1. The van der Waals surface area contributed by atoms with Gasteiger partial charge in [0.05, 0.1) is 53.1 Å². The summed E-state index contributed by atoms with van der Waals surface area (Å²) in [7, 11) is 1.61. The minimum atomic E-state index is -0.865. The molecule has 20 heteroatoms. The van der Waals surface area contributed by atoms with Crippen molar-refractivity contribution in [2.24, 2.45) is 21.3 Å². The molecule has 4 atom stereocenters. The maximum atomic E-state index is 14.1. The maximum absolute atomic E-state index is 14.1. The molecule has 4 aliphatic rings. The molecule has 436 valence electrons. The van der Waals surface area contributed by atoms with Crippen LogP contribution in [0.1, 0.15) is 110 Å². The number of aliphatic hydroxyl groups excluding tert-OH is 1. The lowest BCUT2D eigenvalue weighted by Crippen LogP contribution is -2.57. The molecule has 0 bridgehead atoms. The molecule has 19 nitrogen and oxygen atoms in total. The van der Waals surface area contributed by atoms with E-state index in [2.05, 4.69) is 37.7 Å². The first kappa shape index (κ1) is 60.4. The van der Waals surface area contributed by atoms with E-state index in [1.54, 1.807) is 53.7 Å². The number of unbranched alkanes of at least 4 members (excludes halogenated alkanes) is 7. The molecular formula is C62H79N11O8S. The van der Waals surface area contributed by atoms with E-state index in [1.165, 1.54) is 11.0 Å². The molecule has 0 spiro atoms. The molecule has 4 unspecified atom stereocenters. The number of β-amino-alcohol motifs (C(OH)–C–C–N with tert-alkyl or cyclic N) is 1. The van der Waals surface area contributed by atoms with E-state index >= 15 is 0 Å². The van der Waals surface area contributed by atoms with Gasteiger partial charge in [-0.15, -0.1) is 11.3 Å². The number of hydrogen-bond donors (Lipinski definition) is 5. The van der Waals surface area contributed by atoms with Gasteiger partial charge in [0.1, 0.15) is 23.7 Å². The number of ether oxygens (including phenoxy) is 1. The lowest BCUT2D eigenvalue weighted by molar-refractivity contribution is -0.144. The number of anilines is 4. The van der Waals surface area contributed by atoms with Crippen LogP contribution in [0.3, 0.4) is 0 Å². The predicted molar refractivity (Wildman–Crippen MR) is 323 cm³/mol. The van der Waals surface area contributed by atoms with Gasteiger partial charge in [0.25, 0.3) is 5.91 Å². The number of hydrogen-bond acceptors (Lipinski definition) is 14. The fraction of sp³-hybridized carbons (Fsp3) is 0.468. The standard InChI is InChI=1S/C62H79N11O8S/c1-8-52(75)66-44-18-17-19-46(33-44)73-55(78)32-40(2)48-37-64-61(69-58(48)73)67-49-27-26-45(34-51(49)81-7)70-28-30-71(31-29-70)54(77)21-16-14-12-10-9-11-13-15-20-53(76)68-57(62(4,5)6)60(80)72-38-47(74)35-50(72)59(79)63-36-42-22-24-43(25-23-42)56-41(3)65-39-82-56/h8,17-19,22-27,32-34,39,47-48,50,57,74H,1,9-16,20-21,28-31,35-38H2,2-7H3,(H,63,79)(H,64,67)(H,66,75)(H,68,76). The Morgan fingerprint density at radius 3 is 2.27 bits per heavy atom. The zero-order valence-corrected chi connectivity index (χ0v) is 49.0. The Kier molecular flexibility index (Phi) is 20.5. The molecule has 3 aromatic carbocycles. The average Bonchev–Trinajstić information content (AvgIpc) is 4.23. The van der Waals surface area contributed by atoms with E-state index in [0.29, 0.717) is 86.6 Å². The van der Waals surface area contributed by atoms with Crippen molar-refractivity contribution in [3.63, 3.8) is 0 Å². The third kappa shape index (κ3) is 15.4. The van der Waals surface area contributed by atoms with Crippen LogP contribution in [-0.2, 0) is 35.3 Å². The molecule has 0 radical (unpaired) electrons. The highest BCUT2D eigenvalue weighted by Gasteiger charge is 2.44. The summed E-state index contributed by atoms with van der Waals surface area (Å²) in [6, 6.07) is 19.1. The second kappa shape index (κ2) is 27.8. The largest absolute Gasteiger partial charge is 0.494 e. The Bertz CT molecular complexity index is 3070. The van der Waals surface area contributed by atoms with Gasteiger partial charge in [-0.3, -0.25) is 33.7 Å². The van der Waals surface area contributed by atoms with Crippen molar-refractivity contribution in [2.45, 2.75) is 130 Å². The van der Waals surface area contributed by atoms with Gasteiger partial charge in [-0.1, -0.05) is 102 Å². The molecule has 2 saturated heterocycles. The fourth-order valence-electron chi connectivity index (χ4n) is 10.9. The molecule has 82 heavy (non-hydrogen) atoms. The monoisotopic (exact) mass is 1140 g/mol. The molecule has 4 aliphatic heterocycles. The third-order valence-electron chi connectivity index (χ3n) is 15.5. The van der Waals surface area contributed by atoms with Crippen molar-refractivity contribution >= 4 is 81.3 Å². The number of benzene rings is 3. The number of aliphatic imine (C=N–C) groups is 2. The van der Waals surface area contributed by atoms with Crippen LogP contribution in [0.5, 0.6) is 5.75 Å². The average molecular weight is 1140 g/mol. The summed E-state index contributed by atoms with van der Waals surface area (Å²) in [5.74, 6) is -0.0791. The van der Waals surface area contributed by atoms with Crippen LogP contribution in [0.25, 0.3) is 10.4 Å². The summed E-state index contributed by atoms with van der Waals surface area (Å²) in [6.07, 6.45) is 10.4. The Morgan fingerprint density at radius 1 is 0.890 bits per heavy atom. The number of methoxy groups -OCH3 is 1. The molecule has 8 rings (SSSR count). The van der Waals surface area contributed by atoms with Crippen molar-refractivity contribution in [3.05, 3.63) is 108 Å². The van der Waals surface area contributed by atoms with E-state index in [0.717, 1.165) is 77.9 Å². The number of aryl methyl sites for hydroxylation is 1. The molecule has 5 N–H and O–H groups in total. The quantitative estimate of drug-likeness (QED) is 0.0350. The number of nitrogens with zero attached hydrogens (tertiary/aromatic N) is 7. The first-order chi connectivity index (χ1) is 39.4. The molecule has 6 amide bonds. The number of guanidine groups is 1. The highest BCUT2D eigenvalue weighted by Crippen LogP contribution is 2.35. The number of carbonyl (C=O) groups excluding carboxylic acids is 6. The van der Waals surface area contributed by atoms with Crippen LogP contribution in [0.2, 0.25) is 0 Å². The van der Waals surface area contributed by atoms with E-state index in [1.807, 2.05) is 87.5 Å². The predicted octanol–water partition coefficient (Wildman–Crippen LogP) is 8.40. The van der Waals surface area contributed by atoms with Crippen LogP contribution < -0.4 is 35.8 Å². The van der Waals surface area contributed by atoms with Crippen LogP contribution in [0, 0.1) is 18.3 Å². The lowest BCUT2D eigenvalue weighted by atomic mass is 9.85. The van der Waals surface area contributed by atoms with Crippen molar-refractivity contribution in [1.82, 2.24) is 25.4 Å². The zero-order chi connectivity index (χ0) is 58.5. The first-order valence-corrected chi connectivity index (χ1v) is 29.5. The van der Waals surface area contributed by atoms with E-state index in [-0.39, 0.29) is 60.9 Å². The van der Waals surface area contributed by atoms with E-state index in [4.69, 9.17) is 14.7 Å². The molecule has 0 aliphatic carbocycles. The summed E-state index contributed by atoms with van der Waals surface area (Å²) in [5, 5.41) is 22.6. The summed E-state index contributed by atoms with van der Waals surface area (Å²) in [5.41, 5.74) is 7.71. The Hall–Kier alpha value is -7.71. The number of piperazine rings is 1. The van der Waals surface area contributed by atoms with Gasteiger partial charge >= 0.3 is 0 Å². The summed E-state index contributed by atoms with van der Waals surface area (Å²) >= 11 is 1.58. The van der Waals surface area contributed by atoms with Crippen molar-refractivity contribution in [2.75, 3.05) is 66.8 Å². The molecular weight excluding hydrogens is 1060 g/mol. The van der Waals surface area contributed by atoms with E-state index in [9.17, 15) is 33.9 Å². The van der Waals surface area contributed by atoms with Gasteiger partial charge in [-0.05, 0) is 79.6 Å². The second-order valence-corrected chi connectivity index (χ2v) is 23.5. The Balaban J connectivity index is 0.704. The molecule has 0 saturated carbocycles. The molecule has 1 aromatic heterocycles. The minimum absolute atomic E-state index is 0.0221. The lowest BCUT2D eigenvalue weighted by Gasteiger charge is -2.36. The number of nitrogens with one attached hydrogen (secondary N) is 4. The van der Waals surface area contributed by atoms with E-state index < -0.39 is 23.6 Å². The molecule has 2 fully saturated rings. The highest BCUT2D eigenvalue weighted by atomic mass is 32.1. The number of amides is 6. The van der Waals surface area contributed by atoms with Gasteiger partial charge in [0, 0.05) is 82.0 Å². The minimum Gasteiger partial charge on any atom is -0.494 e. The van der Waals surface area contributed by atoms with Crippen LogP contribution >= 0.6 is 11.3 Å². The number of carbonyl (C=O) groups is 6. The van der Waals surface area contributed by atoms with Crippen molar-refractivity contribution in [3.8, 4) is 16.2 Å². The van der Waals surface area contributed by atoms with Crippen molar-refractivity contribution in [1.29, 1.82) is 0 Å². The number of aliphatic hydroxyl groups is 1. The number of fused-ring (bicyclic) bond motifs is 1. The SMILES string of the molecule is C=CC(=O)Nc1cccc(N2C(=O)C=C(C)C3CN=C(Nc4ccc(N5CCN(C(=O)CCCCCCCCCCC(=O)NC(C(=O)N6CC(O)CC6C(=O)NCc6ccc(-c7scnc7C)cc6)C(C)(C)C)CC5)cc4OC)N=C32)c1. The normalized spacial score (nSPS) is 18.4. The number of likely N-dealkylation sites (tertiary alicyclic amines) is 1. The number of rotatable bonds is 23. The fourth-order valence-corrected chi connectivity index (χ4v) is 11.7. The third-order valence-corrected chi connectivity index (χ3v) is 16.5. The second-order valence-electron chi connectivity index (χ2n) is 22.6. The molecule has 5 heterocycles. The summed E-state index contributed by atoms with van der Waals surface area (Å²) < 4.78 is 5.83. The first-order valence-electron chi connectivity index (χ1n) is 28.6. The number of aromatic nitrogens is 1.